The lowest BCUT2D eigenvalue weighted by atomic mass is 9.86. The van der Waals surface area contributed by atoms with Crippen LogP contribution >= 0.6 is 15.9 Å². The molecule has 1 aromatic rings. The number of halogens is 1. The molecule has 0 bridgehead atoms. The van der Waals surface area contributed by atoms with Crippen LogP contribution in [-0.4, -0.2) is 18.0 Å². The van der Waals surface area contributed by atoms with Gasteiger partial charge >= 0.3 is 0 Å². The van der Waals surface area contributed by atoms with Crippen LogP contribution in [-0.2, 0) is 6.42 Å². The lowest BCUT2D eigenvalue weighted by Crippen LogP contribution is -2.14. The summed E-state index contributed by atoms with van der Waals surface area (Å²) in [5.74, 6) is 1.97. The fourth-order valence-electron chi connectivity index (χ4n) is 3.16. The van der Waals surface area contributed by atoms with Crippen LogP contribution in [0, 0.1) is 17.8 Å². The fourth-order valence-corrected chi connectivity index (χ4v) is 3.52. The SMILES string of the molecule is CC[C@H](C)CC(C)C[C@H]1Cc2ccc(Br)cc2C1=O.CO. The molecule has 0 heterocycles. The van der Waals surface area contributed by atoms with Crippen molar-refractivity contribution in [2.75, 3.05) is 7.11 Å². The minimum Gasteiger partial charge on any atom is -0.400 e. The van der Waals surface area contributed by atoms with E-state index in [4.69, 9.17) is 5.11 Å². The highest BCUT2D eigenvalue weighted by molar-refractivity contribution is 9.10. The van der Waals surface area contributed by atoms with Gasteiger partial charge in [0.1, 0.15) is 0 Å². The molecule has 0 radical (unpaired) electrons. The van der Waals surface area contributed by atoms with E-state index in [1.807, 2.05) is 12.1 Å². The maximum atomic E-state index is 12.4. The Morgan fingerprint density at radius 2 is 1.95 bits per heavy atom. The van der Waals surface area contributed by atoms with Gasteiger partial charge in [-0.05, 0) is 48.8 Å². The molecule has 1 aromatic carbocycles. The van der Waals surface area contributed by atoms with Crippen molar-refractivity contribution >= 4 is 21.7 Å². The van der Waals surface area contributed by atoms with E-state index in [0.29, 0.717) is 11.7 Å². The van der Waals surface area contributed by atoms with Crippen molar-refractivity contribution in [1.82, 2.24) is 0 Å². The number of aliphatic hydroxyl groups is 1. The van der Waals surface area contributed by atoms with Gasteiger partial charge in [-0.3, -0.25) is 4.79 Å². The molecule has 0 saturated carbocycles. The summed E-state index contributed by atoms with van der Waals surface area (Å²) in [5.41, 5.74) is 2.17. The van der Waals surface area contributed by atoms with Gasteiger partial charge in [0, 0.05) is 23.1 Å². The van der Waals surface area contributed by atoms with Gasteiger partial charge in [-0.1, -0.05) is 49.2 Å². The predicted molar refractivity (Wildman–Crippen MR) is 91.7 cm³/mol. The summed E-state index contributed by atoms with van der Waals surface area (Å²) in [7, 11) is 1.00. The zero-order valence-corrected chi connectivity index (χ0v) is 15.1. The summed E-state index contributed by atoms with van der Waals surface area (Å²) in [6, 6.07) is 6.12. The summed E-state index contributed by atoms with van der Waals surface area (Å²) >= 11 is 3.45. The normalized spacial score (nSPS) is 19.5. The second kappa shape index (κ2) is 8.70. The van der Waals surface area contributed by atoms with Crippen LogP contribution in [0.5, 0.6) is 0 Å². The lowest BCUT2D eigenvalue weighted by Gasteiger charge is -2.18. The molecule has 118 valence electrons. The second-order valence-electron chi connectivity index (χ2n) is 6.16. The van der Waals surface area contributed by atoms with Crippen LogP contribution < -0.4 is 0 Å². The number of carbonyl (C=O) groups excluding carboxylic acids is 1. The Labute approximate surface area is 137 Å². The number of rotatable bonds is 5. The Bertz CT molecular complexity index is 470. The first-order chi connectivity index (χ1) is 10.0. The monoisotopic (exact) mass is 354 g/mol. The molecule has 1 N–H and O–H groups in total. The number of carbonyl (C=O) groups is 1. The van der Waals surface area contributed by atoms with Crippen molar-refractivity contribution in [3.05, 3.63) is 33.8 Å². The van der Waals surface area contributed by atoms with Crippen LogP contribution in [0.1, 0.15) is 56.0 Å². The summed E-state index contributed by atoms with van der Waals surface area (Å²) in [6.45, 7) is 6.84. The van der Waals surface area contributed by atoms with E-state index in [2.05, 4.69) is 42.8 Å². The molecule has 0 saturated heterocycles. The average Bonchev–Trinajstić information content (AvgIpc) is 2.77. The number of fused-ring (bicyclic) bond motifs is 1. The first-order valence-corrected chi connectivity index (χ1v) is 8.57. The minimum atomic E-state index is 0.211. The van der Waals surface area contributed by atoms with Crippen LogP contribution in [0.3, 0.4) is 0 Å². The largest absolute Gasteiger partial charge is 0.400 e. The molecule has 1 aliphatic carbocycles. The van der Waals surface area contributed by atoms with E-state index in [1.54, 1.807) is 0 Å². The smallest absolute Gasteiger partial charge is 0.166 e. The van der Waals surface area contributed by atoms with Crippen molar-refractivity contribution in [3.8, 4) is 0 Å². The van der Waals surface area contributed by atoms with Crippen LogP contribution in [0.4, 0.5) is 0 Å². The molecule has 0 aliphatic heterocycles. The number of aliphatic hydroxyl groups excluding tert-OH is 1. The standard InChI is InChI=1S/C17H23BrO.CH4O/c1-4-11(2)7-12(3)8-14-9-13-5-6-15(18)10-16(13)17(14)19;1-2/h5-6,10-12,14H,4,7-9H2,1-3H3;2H,1H3/t11-,12?,14-;/m0./s1. The zero-order chi connectivity index (χ0) is 16.0. The van der Waals surface area contributed by atoms with Crippen LogP contribution in [0.15, 0.2) is 22.7 Å². The van der Waals surface area contributed by atoms with E-state index in [-0.39, 0.29) is 5.92 Å². The molecule has 2 rings (SSSR count). The second-order valence-corrected chi connectivity index (χ2v) is 7.07. The molecule has 0 aromatic heterocycles. The molecule has 3 heteroatoms. The van der Waals surface area contributed by atoms with Gasteiger partial charge in [0.15, 0.2) is 5.78 Å². The highest BCUT2D eigenvalue weighted by Gasteiger charge is 2.31. The van der Waals surface area contributed by atoms with E-state index in [9.17, 15) is 4.79 Å². The van der Waals surface area contributed by atoms with Gasteiger partial charge in [-0.25, -0.2) is 0 Å². The Morgan fingerprint density at radius 1 is 1.29 bits per heavy atom. The minimum absolute atomic E-state index is 0.211. The molecule has 1 unspecified atom stereocenters. The van der Waals surface area contributed by atoms with Crippen molar-refractivity contribution in [3.63, 3.8) is 0 Å². The van der Waals surface area contributed by atoms with Crippen LogP contribution in [0.2, 0.25) is 0 Å². The molecule has 3 atom stereocenters. The number of benzene rings is 1. The molecule has 0 amide bonds. The maximum absolute atomic E-state index is 12.4. The Kier molecular flexibility index (Phi) is 7.61. The van der Waals surface area contributed by atoms with Gasteiger partial charge in [0.2, 0.25) is 0 Å². The molecule has 0 spiro atoms. The van der Waals surface area contributed by atoms with Crippen molar-refractivity contribution in [1.29, 1.82) is 0 Å². The third kappa shape index (κ3) is 4.93. The van der Waals surface area contributed by atoms with Crippen molar-refractivity contribution < 1.29 is 9.90 Å². The first kappa shape index (κ1) is 18.4. The molecule has 0 fully saturated rings. The summed E-state index contributed by atoms with van der Waals surface area (Å²) in [6.07, 6.45) is 4.44. The van der Waals surface area contributed by atoms with E-state index in [1.165, 1.54) is 18.4 Å². The van der Waals surface area contributed by atoms with Gasteiger partial charge in [-0.2, -0.15) is 0 Å². The van der Waals surface area contributed by atoms with E-state index < -0.39 is 0 Å². The molecule has 1 aliphatic rings. The summed E-state index contributed by atoms with van der Waals surface area (Å²) in [4.78, 5) is 12.4. The van der Waals surface area contributed by atoms with Gasteiger partial charge < -0.3 is 5.11 Å². The van der Waals surface area contributed by atoms with Gasteiger partial charge in [0.25, 0.3) is 0 Å². The fraction of sp³-hybridized carbons (Fsp3) is 0.611. The predicted octanol–water partition coefficient (Wildman–Crippen LogP) is 4.88. The van der Waals surface area contributed by atoms with Crippen molar-refractivity contribution in [2.24, 2.45) is 17.8 Å². The summed E-state index contributed by atoms with van der Waals surface area (Å²) < 4.78 is 1.01. The topological polar surface area (TPSA) is 37.3 Å². The zero-order valence-electron chi connectivity index (χ0n) is 13.5. The third-order valence-corrected chi connectivity index (χ3v) is 4.86. The number of Topliss-reactive ketones (excluding diaryl/α,β-unsaturated/α-hetero) is 1. The molecular formula is C18H27BrO2. The van der Waals surface area contributed by atoms with Gasteiger partial charge in [-0.15, -0.1) is 0 Å². The highest BCUT2D eigenvalue weighted by Crippen LogP contribution is 2.34. The Morgan fingerprint density at radius 3 is 2.57 bits per heavy atom. The molecule has 21 heavy (non-hydrogen) atoms. The van der Waals surface area contributed by atoms with Crippen LogP contribution in [0.25, 0.3) is 0 Å². The third-order valence-electron chi connectivity index (χ3n) is 4.36. The number of ketones is 1. The van der Waals surface area contributed by atoms with Gasteiger partial charge in [0.05, 0.1) is 0 Å². The Balaban J connectivity index is 0.00000106. The van der Waals surface area contributed by atoms with Crippen molar-refractivity contribution in [2.45, 2.75) is 46.5 Å². The lowest BCUT2D eigenvalue weighted by molar-refractivity contribution is 0.0917. The molecular weight excluding hydrogens is 328 g/mol. The molecule has 2 nitrogen and oxygen atoms in total. The summed E-state index contributed by atoms with van der Waals surface area (Å²) in [5, 5.41) is 7.00. The first-order valence-electron chi connectivity index (χ1n) is 7.78. The van der Waals surface area contributed by atoms with E-state index >= 15 is 0 Å². The number of hydrogen-bond acceptors (Lipinski definition) is 2. The quantitative estimate of drug-likeness (QED) is 0.818. The average molecular weight is 355 g/mol. The maximum Gasteiger partial charge on any atom is 0.166 e. The van der Waals surface area contributed by atoms with E-state index in [0.717, 1.165) is 35.9 Å². The highest BCUT2D eigenvalue weighted by atomic mass is 79.9. The number of hydrogen-bond donors (Lipinski definition) is 1. The Hall–Kier alpha value is -0.670.